The zero-order valence-electron chi connectivity index (χ0n) is 10.6. The molecule has 0 aliphatic rings. The summed E-state index contributed by atoms with van der Waals surface area (Å²) >= 11 is 4.87. The zero-order chi connectivity index (χ0) is 13.5. The van der Waals surface area contributed by atoms with E-state index in [-0.39, 0.29) is 12.5 Å². The summed E-state index contributed by atoms with van der Waals surface area (Å²) in [6.45, 7) is 4.93. The number of aromatic nitrogens is 1. The van der Waals surface area contributed by atoms with E-state index in [0.717, 1.165) is 5.56 Å². The highest BCUT2D eigenvalue weighted by Gasteiger charge is 2.04. The van der Waals surface area contributed by atoms with Crippen LogP contribution in [0.15, 0.2) is 18.3 Å². The van der Waals surface area contributed by atoms with Crippen LogP contribution in [-0.2, 0) is 4.79 Å². The molecule has 0 aromatic carbocycles. The van der Waals surface area contributed by atoms with Crippen LogP contribution in [0.2, 0.25) is 0 Å². The van der Waals surface area contributed by atoms with E-state index < -0.39 is 0 Å². The Morgan fingerprint density at radius 3 is 2.89 bits per heavy atom. The second-order valence-corrected chi connectivity index (χ2v) is 4.79. The number of hydrogen-bond donors (Lipinski definition) is 3. The van der Waals surface area contributed by atoms with Crippen LogP contribution in [0, 0.1) is 5.92 Å². The Labute approximate surface area is 112 Å². The molecule has 5 nitrogen and oxygen atoms in total. The molecule has 18 heavy (non-hydrogen) atoms. The molecule has 1 rings (SSSR count). The second-order valence-electron chi connectivity index (χ2n) is 4.35. The Bertz CT molecular complexity index is 434. The van der Waals surface area contributed by atoms with Gasteiger partial charge in [-0.15, -0.1) is 0 Å². The average Bonchev–Trinajstić information content (AvgIpc) is 2.34. The Balaban J connectivity index is 2.46. The number of carbonyl (C=O) groups excluding carboxylic acids is 1. The molecule has 0 radical (unpaired) electrons. The minimum Gasteiger partial charge on any atom is -0.389 e. The van der Waals surface area contributed by atoms with Gasteiger partial charge in [-0.2, -0.15) is 0 Å². The maximum absolute atomic E-state index is 11.5. The molecular formula is C12H18N4OS. The molecular weight excluding hydrogens is 248 g/mol. The van der Waals surface area contributed by atoms with Crippen molar-refractivity contribution >= 4 is 28.9 Å². The largest absolute Gasteiger partial charge is 0.389 e. The number of anilines is 1. The van der Waals surface area contributed by atoms with Crippen LogP contribution in [0.25, 0.3) is 0 Å². The van der Waals surface area contributed by atoms with Gasteiger partial charge in [0.2, 0.25) is 5.91 Å². The Kier molecular flexibility index (Phi) is 5.51. The molecule has 1 aromatic heterocycles. The van der Waals surface area contributed by atoms with Crippen molar-refractivity contribution in [1.82, 2.24) is 10.3 Å². The van der Waals surface area contributed by atoms with E-state index >= 15 is 0 Å². The van der Waals surface area contributed by atoms with Gasteiger partial charge in [-0.05, 0) is 18.1 Å². The molecule has 4 N–H and O–H groups in total. The molecule has 0 fully saturated rings. The zero-order valence-corrected chi connectivity index (χ0v) is 11.4. The molecule has 6 heteroatoms. The number of thiocarbonyl (C=S) groups is 1. The first-order chi connectivity index (χ1) is 8.49. The van der Waals surface area contributed by atoms with Crippen molar-refractivity contribution in [3.63, 3.8) is 0 Å². The van der Waals surface area contributed by atoms with E-state index in [4.69, 9.17) is 18.0 Å². The fraction of sp³-hybridized carbons (Fsp3) is 0.417. The van der Waals surface area contributed by atoms with Gasteiger partial charge in [0.05, 0.1) is 6.54 Å². The van der Waals surface area contributed by atoms with E-state index in [9.17, 15) is 4.79 Å². The summed E-state index contributed by atoms with van der Waals surface area (Å²) in [6.07, 6.45) is 1.60. The van der Waals surface area contributed by atoms with Crippen molar-refractivity contribution in [3.05, 3.63) is 23.9 Å². The van der Waals surface area contributed by atoms with Crippen molar-refractivity contribution in [2.45, 2.75) is 13.8 Å². The Hall–Kier alpha value is -1.69. The molecule has 0 aliphatic heterocycles. The van der Waals surface area contributed by atoms with E-state index in [0.29, 0.717) is 23.3 Å². The van der Waals surface area contributed by atoms with E-state index in [1.165, 1.54) is 0 Å². The molecule has 0 saturated carbocycles. The van der Waals surface area contributed by atoms with Crippen molar-refractivity contribution < 1.29 is 4.79 Å². The third-order valence-electron chi connectivity index (χ3n) is 2.18. The number of nitrogens with one attached hydrogen (secondary N) is 2. The molecule has 0 unspecified atom stereocenters. The molecule has 0 aliphatic carbocycles. The van der Waals surface area contributed by atoms with Crippen LogP contribution in [0.1, 0.15) is 19.4 Å². The molecule has 0 atom stereocenters. The monoisotopic (exact) mass is 266 g/mol. The third-order valence-corrected chi connectivity index (χ3v) is 2.42. The molecule has 1 amide bonds. The number of amides is 1. The molecule has 98 valence electrons. The van der Waals surface area contributed by atoms with Crippen LogP contribution in [-0.4, -0.2) is 29.0 Å². The summed E-state index contributed by atoms with van der Waals surface area (Å²) in [4.78, 5) is 15.9. The van der Waals surface area contributed by atoms with Gasteiger partial charge in [-0.3, -0.25) is 4.79 Å². The van der Waals surface area contributed by atoms with Gasteiger partial charge in [-0.25, -0.2) is 4.98 Å². The first kappa shape index (κ1) is 14.4. The number of hydrogen-bond acceptors (Lipinski definition) is 4. The fourth-order valence-corrected chi connectivity index (χ4v) is 1.36. The number of pyridine rings is 1. The summed E-state index contributed by atoms with van der Waals surface area (Å²) in [7, 11) is 0. The van der Waals surface area contributed by atoms with Gasteiger partial charge in [0, 0.05) is 18.3 Å². The lowest BCUT2D eigenvalue weighted by Gasteiger charge is -2.09. The summed E-state index contributed by atoms with van der Waals surface area (Å²) in [5.41, 5.74) is 6.24. The lowest BCUT2D eigenvalue weighted by atomic mass is 10.2. The predicted molar refractivity (Wildman–Crippen MR) is 76.5 cm³/mol. The second kappa shape index (κ2) is 6.90. The Morgan fingerprint density at radius 2 is 2.28 bits per heavy atom. The minimum atomic E-state index is -0.0637. The highest BCUT2D eigenvalue weighted by molar-refractivity contribution is 7.80. The van der Waals surface area contributed by atoms with Crippen LogP contribution in [0.3, 0.4) is 0 Å². The van der Waals surface area contributed by atoms with Crippen LogP contribution in [0.5, 0.6) is 0 Å². The van der Waals surface area contributed by atoms with Crippen molar-refractivity contribution in [3.8, 4) is 0 Å². The molecule has 0 spiro atoms. The van der Waals surface area contributed by atoms with E-state index in [1.54, 1.807) is 18.3 Å². The van der Waals surface area contributed by atoms with Gasteiger partial charge in [0.25, 0.3) is 0 Å². The van der Waals surface area contributed by atoms with Gasteiger partial charge >= 0.3 is 0 Å². The summed E-state index contributed by atoms with van der Waals surface area (Å²) in [5.74, 6) is 0.955. The topological polar surface area (TPSA) is 80.0 Å². The number of nitrogens with zero attached hydrogens (tertiary/aromatic N) is 1. The van der Waals surface area contributed by atoms with Crippen molar-refractivity contribution in [2.24, 2.45) is 11.7 Å². The highest BCUT2D eigenvalue weighted by Crippen LogP contribution is 2.06. The molecule has 0 saturated heterocycles. The van der Waals surface area contributed by atoms with Crippen LogP contribution >= 0.6 is 12.2 Å². The fourth-order valence-electron chi connectivity index (χ4n) is 1.23. The maximum atomic E-state index is 11.5. The summed E-state index contributed by atoms with van der Waals surface area (Å²) < 4.78 is 0. The lowest BCUT2D eigenvalue weighted by molar-refractivity contribution is -0.119. The third kappa shape index (κ3) is 5.09. The quantitative estimate of drug-likeness (QED) is 0.667. The molecule has 1 aromatic rings. The Morgan fingerprint density at radius 1 is 1.56 bits per heavy atom. The SMILES string of the molecule is CC(C)CNC(=O)CNc1cc(C(N)=S)ccn1. The normalized spacial score (nSPS) is 10.2. The number of carbonyl (C=O) groups is 1. The first-order valence-corrected chi connectivity index (χ1v) is 6.16. The lowest BCUT2D eigenvalue weighted by Crippen LogP contribution is -2.32. The van der Waals surface area contributed by atoms with Gasteiger partial charge < -0.3 is 16.4 Å². The summed E-state index contributed by atoms with van der Waals surface area (Å²) in [6, 6.07) is 3.45. The standard InChI is InChI=1S/C12H18N4OS/c1-8(2)6-16-11(17)7-15-10-5-9(12(13)18)3-4-14-10/h3-5,8H,6-7H2,1-2H3,(H2,13,18)(H,14,15)(H,16,17). The smallest absolute Gasteiger partial charge is 0.239 e. The summed E-state index contributed by atoms with van der Waals surface area (Å²) in [5, 5.41) is 5.74. The molecule has 0 bridgehead atoms. The molecule has 1 heterocycles. The maximum Gasteiger partial charge on any atom is 0.239 e. The van der Waals surface area contributed by atoms with Crippen molar-refractivity contribution in [2.75, 3.05) is 18.4 Å². The predicted octanol–water partition coefficient (Wildman–Crippen LogP) is 0.900. The van der Waals surface area contributed by atoms with Gasteiger partial charge in [0.15, 0.2) is 0 Å². The van der Waals surface area contributed by atoms with Gasteiger partial charge in [0.1, 0.15) is 10.8 Å². The van der Waals surface area contributed by atoms with Crippen LogP contribution < -0.4 is 16.4 Å². The van der Waals surface area contributed by atoms with Crippen LogP contribution in [0.4, 0.5) is 5.82 Å². The van der Waals surface area contributed by atoms with Gasteiger partial charge in [-0.1, -0.05) is 26.1 Å². The number of nitrogens with two attached hydrogens (primary N) is 1. The number of rotatable bonds is 6. The van der Waals surface area contributed by atoms with Crippen molar-refractivity contribution in [1.29, 1.82) is 0 Å². The minimum absolute atomic E-state index is 0.0637. The average molecular weight is 266 g/mol. The first-order valence-electron chi connectivity index (χ1n) is 5.75. The van der Waals surface area contributed by atoms with E-state index in [2.05, 4.69) is 15.6 Å². The van der Waals surface area contributed by atoms with E-state index in [1.807, 2.05) is 13.8 Å². The highest BCUT2D eigenvalue weighted by atomic mass is 32.1.